The normalized spacial score (nSPS) is 15.5. The molecule has 0 bridgehead atoms. The SMILES string of the molecule is CS(=O)(=O)/C(C(=O)C(F)(F)F)=C(/[O-])C(F)(F)F. The molecule has 0 atom stereocenters. The lowest BCUT2D eigenvalue weighted by molar-refractivity contribution is -0.360. The van der Waals surface area contributed by atoms with E-state index in [1.54, 1.807) is 0 Å². The fraction of sp³-hybridized carbons (Fsp3) is 0.500. The van der Waals surface area contributed by atoms with Crippen LogP contribution in [0.1, 0.15) is 0 Å². The van der Waals surface area contributed by atoms with E-state index in [1.807, 2.05) is 0 Å². The van der Waals surface area contributed by atoms with Crippen LogP contribution in [-0.4, -0.2) is 32.8 Å². The standard InChI is InChI=1S/C6H4F6O4S/c1-17(15,16)2(3(13)5(7,8)9)4(14)6(10,11)12/h13H,1H3/p-1/b3-2+. The van der Waals surface area contributed by atoms with Crippen LogP contribution in [0.2, 0.25) is 0 Å². The second-order valence-corrected chi connectivity index (χ2v) is 4.71. The van der Waals surface area contributed by atoms with E-state index >= 15 is 0 Å². The number of carbonyl (C=O) groups is 1. The summed E-state index contributed by atoms with van der Waals surface area (Å²) in [6.45, 7) is 0. The lowest BCUT2D eigenvalue weighted by Crippen LogP contribution is -2.35. The van der Waals surface area contributed by atoms with E-state index in [0.717, 1.165) is 0 Å². The average molecular weight is 285 g/mol. The van der Waals surface area contributed by atoms with Gasteiger partial charge in [-0.25, -0.2) is 8.42 Å². The molecular weight excluding hydrogens is 282 g/mol. The van der Waals surface area contributed by atoms with Crippen LogP contribution in [0, 0.1) is 0 Å². The summed E-state index contributed by atoms with van der Waals surface area (Å²) in [5, 5.41) is 10.4. The van der Waals surface area contributed by atoms with E-state index in [9.17, 15) is 44.7 Å². The zero-order valence-electron chi connectivity index (χ0n) is 7.81. The number of rotatable bonds is 2. The summed E-state index contributed by atoms with van der Waals surface area (Å²) in [4.78, 5) is 7.60. The highest BCUT2D eigenvalue weighted by Gasteiger charge is 2.47. The number of sulfone groups is 1. The van der Waals surface area contributed by atoms with E-state index in [-0.39, 0.29) is 6.26 Å². The highest BCUT2D eigenvalue weighted by Crippen LogP contribution is 2.30. The quantitative estimate of drug-likeness (QED) is 0.415. The summed E-state index contributed by atoms with van der Waals surface area (Å²) in [5.41, 5.74) is 0. The monoisotopic (exact) mass is 285 g/mol. The minimum Gasteiger partial charge on any atom is -0.868 e. The molecule has 0 aliphatic heterocycles. The molecule has 17 heavy (non-hydrogen) atoms. The van der Waals surface area contributed by atoms with Gasteiger partial charge in [-0.2, -0.15) is 26.3 Å². The molecule has 0 aliphatic rings. The molecule has 4 nitrogen and oxygen atoms in total. The molecule has 0 saturated heterocycles. The van der Waals surface area contributed by atoms with Gasteiger partial charge in [0.1, 0.15) is 4.91 Å². The van der Waals surface area contributed by atoms with E-state index in [2.05, 4.69) is 0 Å². The van der Waals surface area contributed by atoms with Crippen molar-refractivity contribution in [2.45, 2.75) is 12.4 Å². The third-order valence-electron chi connectivity index (χ3n) is 1.30. The molecule has 100 valence electrons. The maximum absolute atomic E-state index is 11.8. The minimum absolute atomic E-state index is 0.102. The molecule has 0 rings (SSSR count). The fourth-order valence-corrected chi connectivity index (χ4v) is 1.60. The van der Waals surface area contributed by atoms with Gasteiger partial charge < -0.3 is 5.11 Å². The molecule has 11 heteroatoms. The van der Waals surface area contributed by atoms with Crippen molar-refractivity contribution in [3.05, 3.63) is 10.7 Å². The number of hydrogen-bond acceptors (Lipinski definition) is 4. The van der Waals surface area contributed by atoms with Crippen molar-refractivity contribution in [1.29, 1.82) is 0 Å². The summed E-state index contributed by atoms with van der Waals surface area (Å²) in [5.74, 6) is -6.69. The Labute approximate surface area is 90.4 Å². The fourth-order valence-electron chi connectivity index (χ4n) is 0.697. The Hall–Kier alpha value is -1.26. The van der Waals surface area contributed by atoms with Crippen LogP contribution in [0.5, 0.6) is 0 Å². The number of carbonyl (C=O) groups excluding carboxylic acids is 1. The third-order valence-corrected chi connectivity index (χ3v) is 2.41. The molecule has 0 fully saturated rings. The topological polar surface area (TPSA) is 74.3 Å². The van der Waals surface area contributed by atoms with Crippen molar-refractivity contribution < 1.29 is 44.7 Å². The first-order valence-corrected chi connectivity index (χ1v) is 5.38. The van der Waals surface area contributed by atoms with Gasteiger partial charge in [0, 0.05) is 6.26 Å². The first kappa shape index (κ1) is 15.7. The molecule has 0 amide bonds. The van der Waals surface area contributed by atoms with E-state index in [1.165, 1.54) is 0 Å². The predicted octanol–water partition coefficient (Wildman–Crippen LogP) is 0.297. The van der Waals surface area contributed by atoms with Crippen LogP contribution < -0.4 is 5.11 Å². The van der Waals surface area contributed by atoms with Crippen molar-refractivity contribution >= 4 is 15.6 Å². The number of Topliss-reactive ketones (excluding diaryl/α,β-unsaturated/α-hetero) is 1. The number of alkyl halides is 6. The van der Waals surface area contributed by atoms with Crippen molar-refractivity contribution in [3.63, 3.8) is 0 Å². The Bertz CT molecular complexity index is 454. The smallest absolute Gasteiger partial charge is 0.455 e. The van der Waals surface area contributed by atoms with Gasteiger partial charge in [-0.15, -0.1) is 0 Å². The van der Waals surface area contributed by atoms with Gasteiger partial charge in [0.25, 0.3) is 5.78 Å². The molecule has 0 unspecified atom stereocenters. The molecule has 0 N–H and O–H groups in total. The molecule has 0 heterocycles. The van der Waals surface area contributed by atoms with Gasteiger partial charge in [0.05, 0.1) is 0 Å². The molecule has 0 aliphatic carbocycles. The van der Waals surface area contributed by atoms with Gasteiger partial charge in [0.2, 0.25) is 0 Å². The molecule has 0 aromatic rings. The van der Waals surface area contributed by atoms with Crippen LogP contribution in [-0.2, 0) is 14.6 Å². The van der Waals surface area contributed by atoms with Gasteiger partial charge in [-0.3, -0.25) is 4.79 Å². The maximum atomic E-state index is 11.8. The van der Waals surface area contributed by atoms with Gasteiger partial charge in [-0.05, 0) is 5.76 Å². The van der Waals surface area contributed by atoms with Gasteiger partial charge in [-0.1, -0.05) is 0 Å². The van der Waals surface area contributed by atoms with Crippen LogP contribution in [0.3, 0.4) is 0 Å². The highest BCUT2D eigenvalue weighted by atomic mass is 32.2. The van der Waals surface area contributed by atoms with Crippen molar-refractivity contribution in [2.75, 3.05) is 6.26 Å². The predicted molar refractivity (Wildman–Crippen MR) is 39.0 cm³/mol. The number of halogens is 6. The first-order valence-electron chi connectivity index (χ1n) is 3.49. The minimum atomic E-state index is -5.89. The summed E-state index contributed by atoms with van der Waals surface area (Å²) in [6, 6.07) is 0. The summed E-state index contributed by atoms with van der Waals surface area (Å²) >= 11 is 0. The second-order valence-electron chi connectivity index (χ2n) is 2.76. The number of ketones is 1. The Morgan fingerprint density at radius 3 is 1.53 bits per heavy atom. The zero-order valence-corrected chi connectivity index (χ0v) is 8.63. The van der Waals surface area contributed by atoms with Gasteiger partial charge in [0.15, 0.2) is 9.84 Å². The molecule has 0 spiro atoms. The van der Waals surface area contributed by atoms with E-state index in [0.29, 0.717) is 0 Å². The molecule has 0 saturated carbocycles. The Balaban J connectivity index is 6.10. The van der Waals surface area contributed by atoms with Crippen molar-refractivity contribution in [2.24, 2.45) is 0 Å². The van der Waals surface area contributed by atoms with Crippen molar-refractivity contribution in [3.8, 4) is 0 Å². The Kier molecular flexibility index (Phi) is 3.89. The van der Waals surface area contributed by atoms with Crippen LogP contribution in [0.4, 0.5) is 26.3 Å². The first-order chi connectivity index (χ1) is 7.19. The van der Waals surface area contributed by atoms with Gasteiger partial charge >= 0.3 is 12.4 Å². The maximum Gasteiger partial charge on any atom is 0.455 e. The second kappa shape index (κ2) is 4.20. The molecule has 0 radical (unpaired) electrons. The molecular formula is C6H3F6O4S-. The lowest BCUT2D eigenvalue weighted by Gasteiger charge is -2.20. The lowest BCUT2D eigenvalue weighted by atomic mass is 10.3. The third kappa shape index (κ3) is 3.91. The van der Waals surface area contributed by atoms with Crippen LogP contribution in [0.15, 0.2) is 10.7 Å². The highest BCUT2D eigenvalue weighted by molar-refractivity contribution is 7.95. The molecule has 0 aromatic heterocycles. The zero-order chi connectivity index (χ0) is 14.2. The number of hydrogen-bond donors (Lipinski definition) is 0. The van der Waals surface area contributed by atoms with Crippen molar-refractivity contribution in [1.82, 2.24) is 0 Å². The molecule has 0 aromatic carbocycles. The van der Waals surface area contributed by atoms with E-state index < -0.39 is 38.6 Å². The Morgan fingerprint density at radius 2 is 1.35 bits per heavy atom. The largest absolute Gasteiger partial charge is 0.868 e. The van der Waals surface area contributed by atoms with Crippen LogP contribution in [0.25, 0.3) is 0 Å². The Morgan fingerprint density at radius 1 is 1.00 bits per heavy atom. The number of allylic oxidation sites excluding steroid dienone is 2. The average Bonchev–Trinajstić information content (AvgIpc) is 1.97. The summed E-state index contributed by atoms with van der Waals surface area (Å²) in [6.07, 6.45) is -11.9. The van der Waals surface area contributed by atoms with E-state index in [4.69, 9.17) is 0 Å². The van der Waals surface area contributed by atoms with Crippen LogP contribution >= 0.6 is 0 Å². The summed E-state index contributed by atoms with van der Waals surface area (Å²) < 4.78 is 92.2. The summed E-state index contributed by atoms with van der Waals surface area (Å²) in [7, 11) is -5.25.